The highest BCUT2D eigenvalue weighted by Gasteiger charge is 2.14. The molecule has 6 heteroatoms. The molecule has 0 aliphatic carbocycles. The number of ether oxygens (including phenoxy) is 2. The molecule has 0 aliphatic rings. The van der Waals surface area contributed by atoms with Crippen LogP contribution < -0.4 is 14.8 Å². The van der Waals surface area contributed by atoms with Crippen LogP contribution in [0.4, 0.5) is 4.39 Å². The van der Waals surface area contributed by atoms with E-state index in [4.69, 9.17) is 32.7 Å². The van der Waals surface area contributed by atoms with E-state index < -0.39 is 5.82 Å². The summed E-state index contributed by atoms with van der Waals surface area (Å²) >= 11 is 11.9. The lowest BCUT2D eigenvalue weighted by atomic mass is 10.1. The number of methoxy groups -OCH3 is 1. The molecule has 0 bridgehead atoms. The van der Waals surface area contributed by atoms with Crippen LogP contribution in [0.15, 0.2) is 43.0 Å². The molecule has 2 rings (SSSR count). The Labute approximate surface area is 157 Å². The maximum Gasteiger partial charge on any atom is 0.161 e. The third kappa shape index (κ3) is 5.11. The third-order valence-corrected chi connectivity index (χ3v) is 4.32. The smallest absolute Gasteiger partial charge is 0.161 e. The second-order valence-corrected chi connectivity index (χ2v) is 6.29. The van der Waals surface area contributed by atoms with E-state index in [1.165, 1.54) is 12.1 Å². The minimum absolute atomic E-state index is 0.0146. The summed E-state index contributed by atoms with van der Waals surface area (Å²) < 4.78 is 24.6. The summed E-state index contributed by atoms with van der Waals surface area (Å²) in [6.45, 7) is 6.50. The van der Waals surface area contributed by atoms with E-state index in [-0.39, 0.29) is 11.1 Å². The first-order chi connectivity index (χ1) is 12.0. The molecule has 1 unspecified atom stereocenters. The van der Waals surface area contributed by atoms with Crippen LogP contribution in [0.1, 0.15) is 24.1 Å². The predicted octanol–water partition coefficient (Wildman–Crippen LogP) is 5.56. The summed E-state index contributed by atoms with van der Waals surface area (Å²) in [5, 5.41) is 3.75. The number of halogens is 3. The molecule has 0 aromatic heterocycles. The molecule has 0 spiro atoms. The van der Waals surface area contributed by atoms with Gasteiger partial charge in [-0.05, 0) is 42.3 Å². The van der Waals surface area contributed by atoms with E-state index in [1.807, 2.05) is 25.1 Å². The van der Waals surface area contributed by atoms with Gasteiger partial charge in [-0.15, -0.1) is 0 Å². The third-order valence-electron chi connectivity index (χ3n) is 3.70. The second-order valence-electron chi connectivity index (χ2n) is 5.48. The average molecular weight is 384 g/mol. The van der Waals surface area contributed by atoms with Gasteiger partial charge in [-0.3, -0.25) is 0 Å². The molecule has 3 nitrogen and oxygen atoms in total. The van der Waals surface area contributed by atoms with Gasteiger partial charge in [0.15, 0.2) is 11.5 Å². The number of rotatable bonds is 8. The zero-order valence-electron chi connectivity index (χ0n) is 14.1. The number of hydrogen-bond acceptors (Lipinski definition) is 3. The summed E-state index contributed by atoms with van der Waals surface area (Å²) in [7, 11) is 1.59. The Balaban J connectivity index is 2.08. The van der Waals surface area contributed by atoms with Gasteiger partial charge in [-0.2, -0.15) is 0 Å². The molecule has 0 aliphatic heterocycles. The van der Waals surface area contributed by atoms with E-state index in [0.717, 1.165) is 5.56 Å². The van der Waals surface area contributed by atoms with Gasteiger partial charge in [0.25, 0.3) is 0 Å². The summed E-state index contributed by atoms with van der Waals surface area (Å²) in [6.07, 6.45) is 1.67. The van der Waals surface area contributed by atoms with Crippen LogP contribution in [0, 0.1) is 5.82 Å². The second kappa shape index (κ2) is 9.09. The van der Waals surface area contributed by atoms with Crippen molar-refractivity contribution in [2.75, 3.05) is 13.7 Å². The normalized spacial score (nSPS) is 11.9. The Morgan fingerprint density at radius 1 is 1.20 bits per heavy atom. The van der Waals surface area contributed by atoms with Crippen LogP contribution in [0.25, 0.3) is 0 Å². The van der Waals surface area contributed by atoms with Crippen LogP contribution in [0.2, 0.25) is 10.0 Å². The molecule has 0 saturated heterocycles. The highest BCUT2D eigenvalue weighted by Crippen LogP contribution is 2.30. The fourth-order valence-corrected chi connectivity index (χ4v) is 2.89. The van der Waals surface area contributed by atoms with Gasteiger partial charge in [-0.1, -0.05) is 41.9 Å². The Kier molecular flexibility index (Phi) is 7.12. The molecule has 0 fully saturated rings. The molecule has 2 aromatic rings. The van der Waals surface area contributed by atoms with Crippen molar-refractivity contribution in [2.45, 2.75) is 19.5 Å². The van der Waals surface area contributed by atoms with E-state index in [9.17, 15) is 4.39 Å². The maximum atomic E-state index is 13.7. The molecular weight excluding hydrogens is 364 g/mol. The number of nitrogens with one attached hydrogen (secondary N) is 1. The largest absolute Gasteiger partial charge is 0.493 e. The van der Waals surface area contributed by atoms with Gasteiger partial charge in [0.2, 0.25) is 0 Å². The standard InChI is InChI=1S/C19H20Cl2FNO2/c1-4-7-25-18-6-5-13(8-19(18)24-3)11-23-12(2)14-9-17(22)16(21)10-15(14)20/h4-6,8-10,12,23H,1,7,11H2,2-3H3. The van der Waals surface area contributed by atoms with Gasteiger partial charge < -0.3 is 14.8 Å². The van der Waals surface area contributed by atoms with Crippen molar-refractivity contribution in [1.29, 1.82) is 0 Å². The number of hydrogen-bond donors (Lipinski definition) is 1. The quantitative estimate of drug-likeness (QED) is 0.478. The van der Waals surface area contributed by atoms with E-state index >= 15 is 0 Å². The fourth-order valence-electron chi connectivity index (χ4n) is 2.34. The molecule has 25 heavy (non-hydrogen) atoms. The Bertz CT molecular complexity index is 752. The molecule has 1 N–H and O–H groups in total. The lowest BCUT2D eigenvalue weighted by Crippen LogP contribution is -2.18. The molecule has 0 saturated carbocycles. The maximum absolute atomic E-state index is 13.7. The van der Waals surface area contributed by atoms with Gasteiger partial charge >= 0.3 is 0 Å². The monoisotopic (exact) mass is 383 g/mol. The van der Waals surface area contributed by atoms with Crippen molar-refractivity contribution in [3.8, 4) is 11.5 Å². The Morgan fingerprint density at radius 3 is 2.64 bits per heavy atom. The van der Waals surface area contributed by atoms with Crippen molar-refractivity contribution in [1.82, 2.24) is 5.32 Å². The molecule has 134 valence electrons. The summed E-state index contributed by atoms with van der Waals surface area (Å²) in [4.78, 5) is 0. The highest BCUT2D eigenvalue weighted by atomic mass is 35.5. The van der Waals surface area contributed by atoms with E-state index in [2.05, 4.69) is 11.9 Å². The van der Waals surface area contributed by atoms with Crippen LogP contribution >= 0.6 is 23.2 Å². The SMILES string of the molecule is C=CCOc1ccc(CNC(C)c2cc(F)c(Cl)cc2Cl)cc1OC. The van der Waals surface area contributed by atoms with Crippen molar-refractivity contribution in [3.63, 3.8) is 0 Å². The van der Waals surface area contributed by atoms with Crippen LogP contribution in [0.5, 0.6) is 11.5 Å². The first kappa shape index (κ1) is 19.6. The lowest BCUT2D eigenvalue weighted by molar-refractivity contribution is 0.326. The van der Waals surface area contributed by atoms with Gasteiger partial charge in [0, 0.05) is 17.6 Å². The van der Waals surface area contributed by atoms with Crippen molar-refractivity contribution >= 4 is 23.2 Å². The fraction of sp³-hybridized carbons (Fsp3) is 0.263. The topological polar surface area (TPSA) is 30.5 Å². The lowest BCUT2D eigenvalue weighted by Gasteiger charge is -2.17. The van der Waals surface area contributed by atoms with Crippen LogP contribution in [0.3, 0.4) is 0 Å². The summed E-state index contributed by atoms with van der Waals surface area (Å²) in [5.41, 5.74) is 1.65. The molecule has 2 aromatic carbocycles. The molecular formula is C19H20Cl2FNO2. The molecule has 0 heterocycles. The molecule has 1 atom stereocenters. The minimum Gasteiger partial charge on any atom is -0.493 e. The van der Waals surface area contributed by atoms with Gasteiger partial charge in [0.1, 0.15) is 12.4 Å². The molecule has 0 radical (unpaired) electrons. The van der Waals surface area contributed by atoms with E-state index in [1.54, 1.807) is 13.2 Å². The van der Waals surface area contributed by atoms with Crippen molar-refractivity contribution < 1.29 is 13.9 Å². The first-order valence-electron chi connectivity index (χ1n) is 7.74. The number of benzene rings is 2. The summed E-state index contributed by atoms with van der Waals surface area (Å²) in [6, 6.07) is 8.30. The first-order valence-corrected chi connectivity index (χ1v) is 8.50. The van der Waals surface area contributed by atoms with Crippen LogP contribution in [-0.4, -0.2) is 13.7 Å². The van der Waals surface area contributed by atoms with Gasteiger partial charge in [-0.25, -0.2) is 4.39 Å². The van der Waals surface area contributed by atoms with Gasteiger partial charge in [0.05, 0.1) is 12.1 Å². The average Bonchev–Trinajstić information content (AvgIpc) is 2.61. The zero-order chi connectivity index (χ0) is 18.4. The Hall–Kier alpha value is -1.75. The Morgan fingerprint density at radius 2 is 1.96 bits per heavy atom. The summed E-state index contributed by atoms with van der Waals surface area (Å²) in [5.74, 6) is 0.812. The predicted molar refractivity (Wildman–Crippen MR) is 100 cm³/mol. The van der Waals surface area contributed by atoms with Crippen LogP contribution in [-0.2, 0) is 6.54 Å². The zero-order valence-corrected chi connectivity index (χ0v) is 15.6. The van der Waals surface area contributed by atoms with E-state index in [0.29, 0.717) is 35.2 Å². The van der Waals surface area contributed by atoms with Crippen molar-refractivity contribution in [2.24, 2.45) is 0 Å². The van der Waals surface area contributed by atoms with Crippen molar-refractivity contribution in [3.05, 3.63) is 70.0 Å². The minimum atomic E-state index is -0.486. The molecule has 0 amide bonds. The highest BCUT2D eigenvalue weighted by molar-refractivity contribution is 6.35.